The maximum absolute atomic E-state index is 12.0. The second-order valence-electron chi connectivity index (χ2n) is 5.70. The van der Waals surface area contributed by atoms with Crippen LogP contribution in [0.15, 0.2) is 18.2 Å². The van der Waals surface area contributed by atoms with Gasteiger partial charge in [0.25, 0.3) is 5.91 Å². The molecule has 0 radical (unpaired) electrons. The van der Waals surface area contributed by atoms with Crippen LogP contribution in [0.2, 0.25) is 0 Å². The summed E-state index contributed by atoms with van der Waals surface area (Å²) in [6.45, 7) is 2.13. The molecular weight excluding hydrogens is 280 g/mol. The Balaban J connectivity index is 1.89. The Bertz CT molecular complexity index is 566. The fourth-order valence-corrected chi connectivity index (χ4v) is 2.78. The molecule has 5 heteroatoms. The summed E-state index contributed by atoms with van der Waals surface area (Å²) in [6.07, 6.45) is 4.61. The van der Waals surface area contributed by atoms with Crippen molar-refractivity contribution >= 4 is 5.91 Å². The van der Waals surface area contributed by atoms with Crippen LogP contribution in [0, 0.1) is 17.2 Å². The van der Waals surface area contributed by atoms with Crippen molar-refractivity contribution in [1.82, 2.24) is 5.32 Å². The van der Waals surface area contributed by atoms with E-state index in [4.69, 9.17) is 14.7 Å². The zero-order valence-electron chi connectivity index (χ0n) is 13.1. The number of methoxy groups -OCH3 is 1. The topological polar surface area (TPSA) is 71.3 Å². The number of rotatable bonds is 5. The molecule has 118 valence electrons. The number of carbonyl (C=O) groups excluding carboxylic acids is 1. The Morgan fingerprint density at radius 2 is 2.14 bits per heavy atom. The third-order valence-corrected chi connectivity index (χ3v) is 4.11. The number of nitrogens with one attached hydrogen (secondary N) is 1. The van der Waals surface area contributed by atoms with Crippen molar-refractivity contribution in [2.24, 2.45) is 5.92 Å². The van der Waals surface area contributed by atoms with Crippen molar-refractivity contribution in [1.29, 1.82) is 5.26 Å². The lowest BCUT2D eigenvalue weighted by molar-refractivity contribution is -0.124. The molecule has 2 rings (SSSR count). The summed E-state index contributed by atoms with van der Waals surface area (Å²) >= 11 is 0. The normalized spacial score (nSPS) is 20.8. The van der Waals surface area contributed by atoms with Gasteiger partial charge in [0.2, 0.25) is 0 Å². The van der Waals surface area contributed by atoms with Gasteiger partial charge in [-0.3, -0.25) is 4.79 Å². The Morgan fingerprint density at radius 1 is 1.36 bits per heavy atom. The molecule has 1 aromatic carbocycles. The van der Waals surface area contributed by atoms with Crippen LogP contribution in [-0.2, 0) is 4.79 Å². The van der Waals surface area contributed by atoms with E-state index in [1.807, 2.05) is 6.07 Å². The van der Waals surface area contributed by atoms with Crippen LogP contribution in [0.4, 0.5) is 0 Å². The molecule has 1 aromatic rings. The van der Waals surface area contributed by atoms with Crippen molar-refractivity contribution in [2.45, 2.75) is 38.6 Å². The van der Waals surface area contributed by atoms with Crippen molar-refractivity contribution in [3.63, 3.8) is 0 Å². The summed E-state index contributed by atoms with van der Waals surface area (Å²) in [6, 6.07) is 7.16. The second kappa shape index (κ2) is 7.69. The molecule has 0 aromatic heterocycles. The van der Waals surface area contributed by atoms with E-state index in [0.29, 0.717) is 23.0 Å². The molecule has 0 saturated heterocycles. The minimum atomic E-state index is -0.120. The van der Waals surface area contributed by atoms with E-state index >= 15 is 0 Å². The van der Waals surface area contributed by atoms with E-state index < -0.39 is 0 Å². The lowest BCUT2D eigenvalue weighted by Crippen LogP contribution is -2.43. The van der Waals surface area contributed by atoms with Gasteiger partial charge in [0.15, 0.2) is 18.1 Å². The number of nitriles is 1. The number of ether oxygens (including phenoxy) is 2. The predicted molar refractivity (Wildman–Crippen MR) is 82.8 cm³/mol. The molecule has 1 fully saturated rings. The number of benzene rings is 1. The molecule has 1 N–H and O–H groups in total. The van der Waals surface area contributed by atoms with Crippen molar-refractivity contribution < 1.29 is 14.3 Å². The summed E-state index contributed by atoms with van der Waals surface area (Å²) in [5, 5.41) is 11.9. The van der Waals surface area contributed by atoms with E-state index in [1.54, 1.807) is 18.2 Å². The molecule has 5 nitrogen and oxygen atoms in total. The van der Waals surface area contributed by atoms with E-state index in [1.165, 1.54) is 20.0 Å². The van der Waals surface area contributed by atoms with Crippen LogP contribution < -0.4 is 14.8 Å². The van der Waals surface area contributed by atoms with E-state index in [2.05, 4.69) is 12.2 Å². The lowest BCUT2D eigenvalue weighted by Gasteiger charge is -2.29. The van der Waals surface area contributed by atoms with Gasteiger partial charge in [-0.15, -0.1) is 0 Å². The average Bonchev–Trinajstić information content (AvgIpc) is 2.55. The third kappa shape index (κ3) is 4.14. The molecule has 1 saturated carbocycles. The van der Waals surface area contributed by atoms with Crippen LogP contribution >= 0.6 is 0 Å². The molecule has 1 aliphatic rings. The van der Waals surface area contributed by atoms with E-state index in [0.717, 1.165) is 12.8 Å². The Kier molecular flexibility index (Phi) is 5.65. The second-order valence-corrected chi connectivity index (χ2v) is 5.70. The molecule has 0 heterocycles. The summed E-state index contributed by atoms with van der Waals surface area (Å²) in [4.78, 5) is 12.0. The number of carbonyl (C=O) groups is 1. The maximum atomic E-state index is 12.0. The Hall–Kier alpha value is -2.22. The minimum Gasteiger partial charge on any atom is -0.493 e. The van der Waals surface area contributed by atoms with Gasteiger partial charge in [-0.25, -0.2) is 0 Å². The van der Waals surface area contributed by atoms with Crippen molar-refractivity contribution in [2.75, 3.05) is 13.7 Å². The highest BCUT2D eigenvalue weighted by Gasteiger charge is 2.22. The summed E-state index contributed by atoms with van der Waals surface area (Å²) in [5.41, 5.74) is 0.490. The smallest absolute Gasteiger partial charge is 0.258 e. The monoisotopic (exact) mass is 302 g/mol. The van der Waals surface area contributed by atoms with Crippen LogP contribution in [0.1, 0.15) is 38.2 Å². The molecular formula is C17H22N2O3. The molecule has 0 unspecified atom stereocenters. The molecule has 0 spiro atoms. The zero-order chi connectivity index (χ0) is 15.9. The summed E-state index contributed by atoms with van der Waals surface area (Å²) in [5.74, 6) is 1.32. The highest BCUT2D eigenvalue weighted by Crippen LogP contribution is 2.28. The van der Waals surface area contributed by atoms with E-state index in [-0.39, 0.29) is 18.6 Å². The SMILES string of the molecule is COc1cc(C#N)ccc1OCC(=O)N[C@H]1CCCC[C@H]1C. The first-order chi connectivity index (χ1) is 10.6. The van der Waals surface area contributed by atoms with Gasteiger partial charge >= 0.3 is 0 Å². The highest BCUT2D eigenvalue weighted by atomic mass is 16.5. The molecule has 0 aliphatic heterocycles. The number of hydrogen-bond acceptors (Lipinski definition) is 4. The van der Waals surface area contributed by atoms with Gasteiger partial charge in [-0.05, 0) is 30.9 Å². The minimum absolute atomic E-state index is 0.0501. The molecule has 0 bridgehead atoms. The van der Waals surface area contributed by atoms with Gasteiger partial charge in [-0.2, -0.15) is 5.26 Å². The van der Waals surface area contributed by atoms with Gasteiger partial charge in [0.05, 0.1) is 18.7 Å². The van der Waals surface area contributed by atoms with Crippen LogP contribution in [0.5, 0.6) is 11.5 Å². The first kappa shape index (κ1) is 16.2. The summed E-state index contributed by atoms with van der Waals surface area (Å²) < 4.78 is 10.7. The summed E-state index contributed by atoms with van der Waals surface area (Å²) in [7, 11) is 1.51. The van der Waals surface area contributed by atoms with Crippen LogP contribution in [-0.4, -0.2) is 25.7 Å². The molecule has 1 aliphatic carbocycles. The number of amides is 1. The first-order valence-corrected chi connectivity index (χ1v) is 7.64. The number of hydrogen-bond donors (Lipinski definition) is 1. The standard InChI is InChI=1S/C17H22N2O3/c1-12-5-3-4-6-14(12)19-17(20)11-22-15-8-7-13(10-18)9-16(15)21-2/h7-9,12,14H,3-6,11H2,1-2H3,(H,19,20)/t12-,14+/m1/s1. The fourth-order valence-electron chi connectivity index (χ4n) is 2.78. The van der Waals surface area contributed by atoms with Gasteiger partial charge in [0, 0.05) is 12.1 Å². The van der Waals surface area contributed by atoms with Gasteiger partial charge in [0.1, 0.15) is 0 Å². The van der Waals surface area contributed by atoms with Gasteiger partial charge in [-0.1, -0.05) is 19.8 Å². The largest absolute Gasteiger partial charge is 0.493 e. The molecule has 22 heavy (non-hydrogen) atoms. The van der Waals surface area contributed by atoms with Crippen LogP contribution in [0.25, 0.3) is 0 Å². The first-order valence-electron chi connectivity index (χ1n) is 7.64. The van der Waals surface area contributed by atoms with Crippen molar-refractivity contribution in [3.8, 4) is 17.6 Å². The average molecular weight is 302 g/mol. The predicted octanol–water partition coefficient (Wildman–Crippen LogP) is 2.64. The highest BCUT2D eigenvalue weighted by molar-refractivity contribution is 5.78. The van der Waals surface area contributed by atoms with Crippen LogP contribution in [0.3, 0.4) is 0 Å². The fraction of sp³-hybridized carbons (Fsp3) is 0.529. The number of nitrogens with zero attached hydrogens (tertiary/aromatic N) is 1. The molecule has 2 atom stereocenters. The quantitative estimate of drug-likeness (QED) is 0.907. The lowest BCUT2D eigenvalue weighted by atomic mass is 9.86. The Labute approximate surface area is 131 Å². The van der Waals surface area contributed by atoms with E-state index in [9.17, 15) is 4.79 Å². The Morgan fingerprint density at radius 3 is 2.82 bits per heavy atom. The maximum Gasteiger partial charge on any atom is 0.258 e. The van der Waals surface area contributed by atoms with Gasteiger partial charge < -0.3 is 14.8 Å². The zero-order valence-corrected chi connectivity index (χ0v) is 13.1. The third-order valence-electron chi connectivity index (χ3n) is 4.11. The molecule has 1 amide bonds. The van der Waals surface area contributed by atoms with Crippen molar-refractivity contribution in [3.05, 3.63) is 23.8 Å².